The summed E-state index contributed by atoms with van der Waals surface area (Å²) in [7, 11) is 1.47. The fraction of sp³-hybridized carbons (Fsp3) is 0.600. The van der Waals surface area contributed by atoms with Gasteiger partial charge >= 0.3 is 0 Å². The first kappa shape index (κ1) is 14.3. The van der Waals surface area contributed by atoms with E-state index in [1.165, 1.54) is 13.2 Å². The number of aliphatic hydroxyl groups excluding tert-OH is 1. The summed E-state index contributed by atoms with van der Waals surface area (Å²) in [6.07, 6.45) is 1.90. The third-order valence-corrected chi connectivity index (χ3v) is 3.85. The molecule has 2 rings (SSSR count). The van der Waals surface area contributed by atoms with Gasteiger partial charge in [0.15, 0.2) is 11.6 Å². The van der Waals surface area contributed by atoms with Gasteiger partial charge in [-0.3, -0.25) is 4.90 Å². The number of aliphatic hydroxyl groups is 1. The van der Waals surface area contributed by atoms with Crippen molar-refractivity contribution in [2.45, 2.75) is 32.4 Å². The van der Waals surface area contributed by atoms with Crippen LogP contribution >= 0.6 is 0 Å². The van der Waals surface area contributed by atoms with Gasteiger partial charge < -0.3 is 9.84 Å². The molecule has 106 valence electrons. The quantitative estimate of drug-likeness (QED) is 0.909. The highest BCUT2D eigenvalue weighted by Crippen LogP contribution is 2.23. The fourth-order valence-electron chi connectivity index (χ4n) is 2.70. The number of hydrogen-bond acceptors (Lipinski definition) is 3. The van der Waals surface area contributed by atoms with Gasteiger partial charge in [0.25, 0.3) is 0 Å². The molecule has 1 aliphatic heterocycles. The zero-order valence-corrected chi connectivity index (χ0v) is 11.6. The number of halogens is 1. The molecule has 0 spiro atoms. The molecule has 1 aromatic rings. The van der Waals surface area contributed by atoms with Gasteiger partial charge in [-0.2, -0.15) is 0 Å². The summed E-state index contributed by atoms with van der Waals surface area (Å²) in [4.78, 5) is 2.28. The van der Waals surface area contributed by atoms with Crippen molar-refractivity contribution in [1.82, 2.24) is 4.90 Å². The average molecular weight is 267 g/mol. The summed E-state index contributed by atoms with van der Waals surface area (Å²) in [6.45, 7) is 4.47. The van der Waals surface area contributed by atoms with E-state index in [2.05, 4.69) is 4.90 Å². The van der Waals surface area contributed by atoms with Crippen LogP contribution in [0.15, 0.2) is 18.2 Å². The molecule has 1 aromatic carbocycles. The Morgan fingerprint density at radius 2 is 2.32 bits per heavy atom. The Kier molecular flexibility index (Phi) is 4.77. The molecule has 4 heteroatoms. The van der Waals surface area contributed by atoms with E-state index in [-0.39, 0.29) is 17.7 Å². The molecule has 1 heterocycles. The number of nitrogens with zero attached hydrogens (tertiary/aromatic N) is 1. The van der Waals surface area contributed by atoms with E-state index in [1.54, 1.807) is 6.07 Å². The van der Waals surface area contributed by atoms with Gasteiger partial charge in [-0.25, -0.2) is 4.39 Å². The van der Waals surface area contributed by atoms with Crippen LogP contribution in [0.2, 0.25) is 0 Å². The molecular formula is C15H22FNO2. The van der Waals surface area contributed by atoms with Gasteiger partial charge in [0.2, 0.25) is 0 Å². The molecule has 0 aliphatic carbocycles. The minimum absolute atomic E-state index is 0.268. The van der Waals surface area contributed by atoms with Gasteiger partial charge in [0.05, 0.1) is 13.2 Å². The summed E-state index contributed by atoms with van der Waals surface area (Å²) in [6, 6.07) is 5.10. The maximum absolute atomic E-state index is 13.6. The number of methoxy groups -OCH3 is 1. The normalized spacial score (nSPS) is 22.2. The van der Waals surface area contributed by atoms with Gasteiger partial charge in [-0.1, -0.05) is 6.07 Å². The first-order chi connectivity index (χ1) is 9.10. The number of ether oxygens (including phenoxy) is 1. The highest BCUT2D eigenvalue weighted by Gasteiger charge is 2.23. The Bertz CT molecular complexity index is 423. The molecule has 2 unspecified atom stereocenters. The number of likely N-dealkylation sites (tertiary alicyclic amines) is 1. The van der Waals surface area contributed by atoms with Crippen molar-refractivity contribution < 1.29 is 14.2 Å². The third kappa shape index (κ3) is 3.67. The largest absolute Gasteiger partial charge is 0.494 e. The first-order valence-corrected chi connectivity index (χ1v) is 6.83. The molecule has 0 saturated carbocycles. The Labute approximate surface area is 114 Å². The van der Waals surface area contributed by atoms with Crippen LogP contribution in [0.5, 0.6) is 5.75 Å². The van der Waals surface area contributed by atoms with E-state index < -0.39 is 0 Å². The molecule has 3 nitrogen and oxygen atoms in total. The molecule has 0 aromatic heterocycles. The van der Waals surface area contributed by atoms with Gasteiger partial charge in [0, 0.05) is 13.1 Å². The SMILES string of the molecule is COc1ccc(CN2CCCC(C(C)O)C2)cc1F. The highest BCUT2D eigenvalue weighted by molar-refractivity contribution is 5.29. The van der Waals surface area contributed by atoms with Crippen LogP contribution in [0.3, 0.4) is 0 Å². The van der Waals surface area contributed by atoms with Crippen LogP contribution in [0.4, 0.5) is 4.39 Å². The van der Waals surface area contributed by atoms with Crippen LogP contribution in [-0.2, 0) is 6.54 Å². The summed E-state index contributed by atoms with van der Waals surface area (Å²) in [5.74, 6) is 0.296. The van der Waals surface area contributed by atoms with Crippen LogP contribution in [0.1, 0.15) is 25.3 Å². The Morgan fingerprint density at radius 1 is 1.53 bits per heavy atom. The standard InChI is InChI=1S/C15H22FNO2/c1-11(18)13-4-3-7-17(10-13)9-12-5-6-15(19-2)14(16)8-12/h5-6,8,11,13,18H,3-4,7,9-10H2,1-2H3. The van der Waals surface area contributed by atoms with E-state index in [1.807, 2.05) is 13.0 Å². The summed E-state index contributed by atoms with van der Waals surface area (Å²) < 4.78 is 18.5. The van der Waals surface area contributed by atoms with Crippen molar-refractivity contribution in [2.75, 3.05) is 20.2 Å². The number of rotatable bonds is 4. The molecule has 0 bridgehead atoms. The highest BCUT2D eigenvalue weighted by atomic mass is 19.1. The van der Waals surface area contributed by atoms with Crippen LogP contribution in [-0.4, -0.2) is 36.3 Å². The Morgan fingerprint density at radius 3 is 2.95 bits per heavy atom. The molecule has 1 saturated heterocycles. The fourth-order valence-corrected chi connectivity index (χ4v) is 2.70. The van der Waals surface area contributed by atoms with Crippen LogP contribution < -0.4 is 4.74 Å². The monoisotopic (exact) mass is 267 g/mol. The zero-order valence-electron chi connectivity index (χ0n) is 11.6. The average Bonchev–Trinajstić information content (AvgIpc) is 2.39. The molecule has 0 radical (unpaired) electrons. The predicted octanol–water partition coefficient (Wildman–Crippen LogP) is 2.43. The summed E-state index contributed by atoms with van der Waals surface area (Å²) >= 11 is 0. The minimum Gasteiger partial charge on any atom is -0.494 e. The second-order valence-electron chi connectivity index (χ2n) is 5.35. The van der Waals surface area contributed by atoms with Gasteiger partial charge in [-0.05, 0) is 49.9 Å². The van der Waals surface area contributed by atoms with Crippen molar-refractivity contribution >= 4 is 0 Å². The lowest BCUT2D eigenvalue weighted by molar-refractivity contribution is 0.0598. The van der Waals surface area contributed by atoms with Crippen LogP contribution in [0, 0.1) is 11.7 Å². The minimum atomic E-state index is -0.316. The number of piperidine rings is 1. The first-order valence-electron chi connectivity index (χ1n) is 6.83. The maximum Gasteiger partial charge on any atom is 0.165 e. The number of hydrogen-bond donors (Lipinski definition) is 1. The second-order valence-corrected chi connectivity index (χ2v) is 5.35. The van der Waals surface area contributed by atoms with Crippen molar-refractivity contribution in [3.8, 4) is 5.75 Å². The molecule has 0 amide bonds. The second kappa shape index (κ2) is 6.35. The van der Waals surface area contributed by atoms with E-state index in [4.69, 9.17) is 4.74 Å². The lowest BCUT2D eigenvalue weighted by atomic mass is 9.93. The molecule has 19 heavy (non-hydrogen) atoms. The van der Waals surface area contributed by atoms with Gasteiger partial charge in [0.1, 0.15) is 0 Å². The molecule has 1 N–H and O–H groups in total. The van der Waals surface area contributed by atoms with E-state index in [0.29, 0.717) is 5.92 Å². The summed E-state index contributed by atoms with van der Waals surface area (Å²) in [5, 5.41) is 9.67. The van der Waals surface area contributed by atoms with Crippen molar-refractivity contribution in [1.29, 1.82) is 0 Å². The Hall–Kier alpha value is -1.13. The third-order valence-electron chi connectivity index (χ3n) is 3.85. The maximum atomic E-state index is 13.6. The Balaban J connectivity index is 1.98. The van der Waals surface area contributed by atoms with E-state index >= 15 is 0 Å². The summed E-state index contributed by atoms with van der Waals surface area (Å²) in [5.41, 5.74) is 0.949. The van der Waals surface area contributed by atoms with Crippen molar-refractivity contribution in [3.63, 3.8) is 0 Å². The lowest BCUT2D eigenvalue weighted by Crippen LogP contribution is -2.39. The van der Waals surface area contributed by atoms with Crippen molar-refractivity contribution in [3.05, 3.63) is 29.6 Å². The predicted molar refractivity (Wildman–Crippen MR) is 72.6 cm³/mol. The molecule has 1 aliphatic rings. The van der Waals surface area contributed by atoms with Crippen LogP contribution in [0.25, 0.3) is 0 Å². The topological polar surface area (TPSA) is 32.7 Å². The molecular weight excluding hydrogens is 245 g/mol. The van der Waals surface area contributed by atoms with E-state index in [9.17, 15) is 9.50 Å². The van der Waals surface area contributed by atoms with E-state index in [0.717, 1.165) is 38.0 Å². The molecule has 2 atom stereocenters. The molecule has 1 fully saturated rings. The smallest absolute Gasteiger partial charge is 0.165 e. The van der Waals surface area contributed by atoms with Gasteiger partial charge in [-0.15, -0.1) is 0 Å². The lowest BCUT2D eigenvalue weighted by Gasteiger charge is -2.34. The zero-order chi connectivity index (χ0) is 13.8. The number of benzene rings is 1. The van der Waals surface area contributed by atoms with Crippen molar-refractivity contribution in [2.24, 2.45) is 5.92 Å².